The summed E-state index contributed by atoms with van der Waals surface area (Å²) >= 11 is 1.64. The molecule has 0 atom stereocenters. The van der Waals surface area contributed by atoms with Gasteiger partial charge in [0.15, 0.2) is 0 Å². The molecule has 1 amide bonds. The minimum Gasteiger partial charge on any atom is -0.306 e. The lowest BCUT2D eigenvalue weighted by Crippen LogP contribution is -2.47. The van der Waals surface area contributed by atoms with E-state index in [-0.39, 0.29) is 11.3 Å². The van der Waals surface area contributed by atoms with Crippen LogP contribution in [-0.4, -0.2) is 35.9 Å². The molecule has 1 spiro atoms. The summed E-state index contributed by atoms with van der Waals surface area (Å²) in [5, 5.41) is 3.11. The number of aromatic nitrogens is 1. The highest BCUT2D eigenvalue weighted by Crippen LogP contribution is 2.48. The van der Waals surface area contributed by atoms with E-state index in [2.05, 4.69) is 40.5 Å². The van der Waals surface area contributed by atoms with Gasteiger partial charge in [-0.2, -0.15) is 0 Å². The number of nitrogens with zero attached hydrogens (tertiary/aromatic N) is 3. The number of carbonyl (C=O) groups excluding carboxylic acids is 1. The van der Waals surface area contributed by atoms with Crippen LogP contribution >= 0.6 is 11.3 Å². The predicted octanol–water partition coefficient (Wildman–Crippen LogP) is 2.96. The molecule has 5 heteroatoms. The molecular weight excluding hydrogens is 306 g/mol. The fourth-order valence-electron chi connectivity index (χ4n) is 3.88. The van der Waals surface area contributed by atoms with E-state index in [4.69, 9.17) is 0 Å². The molecule has 0 N–H and O–H groups in total. The van der Waals surface area contributed by atoms with Gasteiger partial charge < -0.3 is 9.80 Å². The molecule has 120 valence electrons. The number of thiazole rings is 1. The average molecular weight is 327 g/mol. The van der Waals surface area contributed by atoms with Crippen molar-refractivity contribution in [1.29, 1.82) is 0 Å². The summed E-state index contributed by atoms with van der Waals surface area (Å²) in [6, 6.07) is 8.31. The molecule has 23 heavy (non-hydrogen) atoms. The number of carbonyl (C=O) groups is 1. The van der Waals surface area contributed by atoms with Crippen LogP contribution in [0.4, 0.5) is 5.69 Å². The number of para-hydroxylation sites is 1. The Morgan fingerprint density at radius 3 is 2.70 bits per heavy atom. The zero-order chi connectivity index (χ0) is 16.0. The summed E-state index contributed by atoms with van der Waals surface area (Å²) in [5.74, 6) is 0.262. The molecule has 3 heterocycles. The Bertz CT molecular complexity index is 746. The first kappa shape index (κ1) is 14.8. The van der Waals surface area contributed by atoms with Crippen LogP contribution in [0.1, 0.15) is 29.1 Å². The maximum Gasteiger partial charge on any atom is 0.238 e. The summed E-state index contributed by atoms with van der Waals surface area (Å²) in [6.45, 7) is 4.54. The molecule has 4 rings (SSSR count). The van der Waals surface area contributed by atoms with Crippen molar-refractivity contribution < 1.29 is 4.79 Å². The highest BCUT2D eigenvalue weighted by molar-refractivity contribution is 7.09. The maximum atomic E-state index is 13.3. The minimum atomic E-state index is -0.325. The number of likely N-dealkylation sites (tertiary alicyclic amines) is 1. The smallest absolute Gasteiger partial charge is 0.238 e. The molecule has 2 aromatic rings. The Hall–Kier alpha value is -1.72. The van der Waals surface area contributed by atoms with Gasteiger partial charge in [0.05, 0.1) is 22.7 Å². The molecule has 4 nitrogen and oxygen atoms in total. The summed E-state index contributed by atoms with van der Waals surface area (Å²) in [7, 11) is 2.13. The molecule has 0 unspecified atom stereocenters. The van der Waals surface area contributed by atoms with Crippen LogP contribution in [0.15, 0.2) is 29.6 Å². The second-order valence-corrected chi connectivity index (χ2v) is 7.71. The monoisotopic (exact) mass is 327 g/mol. The molecule has 1 aromatic heterocycles. The Morgan fingerprint density at radius 1 is 1.26 bits per heavy atom. The first-order valence-corrected chi connectivity index (χ1v) is 8.99. The zero-order valence-corrected chi connectivity index (χ0v) is 14.4. The Morgan fingerprint density at radius 2 is 2.00 bits per heavy atom. The standard InChI is InChI=1S/C18H21N3OS/c1-13-19-14(12-23-13)11-21-16-6-4-3-5-15(16)18(17(21)22)7-9-20(2)10-8-18/h3-6,12H,7-11H2,1-2H3. The van der Waals surface area contributed by atoms with Gasteiger partial charge in [-0.05, 0) is 51.5 Å². The van der Waals surface area contributed by atoms with Crippen LogP contribution < -0.4 is 4.90 Å². The number of piperidine rings is 1. The Labute approximate surface area is 140 Å². The third-order valence-electron chi connectivity index (χ3n) is 5.19. The van der Waals surface area contributed by atoms with Crippen molar-refractivity contribution in [3.63, 3.8) is 0 Å². The second kappa shape index (κ2) is 5.42. The van der Waals surface area contributed by atoms with Gasteiger partial charge in [0.25, 0.3) is 0 Å². The molecular formula is C18H21N3OS. The lowest BCUT2D eigenvalue weighted by molar-refractivity contribution is -0.124. The van der Waals surface area contributed by atoms with Crippen LogP contribution in [0.5, 0.6) is 0 Å². The quantitative estimate of drug-likeness (QED) is 0.851. The van der Waals surface area contributed by atoms with Crippen molar-refractivity contribution in [2.75, 3.05) is 25.0 Å². The molecule has 1 saturated heterocycles. The predicted molar refractivity (Wildman–Crippen MR) is 92.9 cm³/mol. The molecule has 1 fully saturated rings. The number of benzene rings is 1. The molecule has 2 aliphatic heterocycles. The average Bonchev–Trinajstić information content (AvgIpc) is 3.06. The number of aryl methyl sites for hydroxylation is 1. The van der Waals surface area contributed by atoms with Crippen molar-refractivity contribution in [3.05, 3.63) is 45.9 Å². The van der Waals surface area contributed by atoms with E-state index in [0.29, 0.717) is 6.54 Å². The summed E-state index contributed by atoms with van der Waals surface area (Å²) in [5.41, 5.74) is 2.95. The summed E-state index contributed by atoms with van der Waals surface area (Å²) in [4.78, 5) is 22.2. The van der Waals surface area contributed by atoms with Crippen molar-refractivity contribution in [2.24, 2.45) is 0 Å². The van der Waals surface area contributed by atoms with Crippen molar-refractivity contribution in [3.8, 4) is 0 Å². The number of anilines is 1. The second-order valence-electron chi connectivity index (χ2n) is 6.65. The van der Waals surface area contributed by atoms with Crippen molar-refractivity contribution in [2.45, 2.75) is 31.7 Å². The van der Waals surface area contributed by atoms with E-state index in [1.54, 1.807) is 11.3 Å². The Balaban J connectivity index is 1.73. The van der Waals surface area contributed by atoms with Gasteiger partial charge in [0.1, 0.15) is 0 Å². The van der Waals surface area contributed by atoms with Crippen LogP contribution in [0.3, 0.4) is 0 Å². The van der Waals surface area contributed by atoms with Crippen molar-refractivity contribution >= 4 is 22.9 Å². The van der Waals surface area contributed by atoms with Crippen molar-refractivity contribution in [1.82, 2.24) is 9.88 Å². The summed E-state index contributed by atoms with van der Waals surface area (Å²) in [6.07, 6.45) is 1.82. The third-order valence-corrected chi connectivity index (χ3v) is 6.01. The van der Waals surface area contributed by atoms with E-state index in [9.17, 15) is 4.79 Å². The van der Waals surface area contributed by atoms with Gasteiger partial charge in [-0.15, -0.1) is 11.3 Å². The van der Waals surface area contributed by atoms with Gasteiger partial charge in [-0.25, -0.2) is 4.98 Å². The highest BCUT2D eigenvalue weighted by Gasteiger charge is 2.51. The topological polar surface area (TPSA) is 36.4 Å². The lowest BCUT2D eigenvalue weighted by Gasteiger charge is -2.36. The highest BCUT2D eigenvalue weighted by atomic mass is 32.1. The number of hydrogen-bond acceptors (Lipinski definition) is 4. The normalized spacial score (nSPS) is 20.3. The number of rotatable bonds is 2. The van der Waals surface area contributed by atoms with Crippen LogP contribution in [0.2, 0.25) is 0 Å². The molecule has 0 saturated carbocycles. The lowest BCUT2D eigenvalue weighted by atomic mass is 9.74. The van der Waals surface area contributed by atoms with E-state index in [0.717, 1.165) is 42.3 Å². The van der Waals surface area contributed by atoms with E-state index in [1.807, 2.05) is 17.9 Å². The van der Waals surface area contributed by atoms with Crippen LogP contribution in [0.25, 0.3) is 0 Å². The Kier molecular flexibility index (Phi) is 3.50. The molecule has 0 radical (unpaired) electrons. The van der Waals surface area contributed by atoms with Gasteiger partial charge in [0.2, 0.25) is 5.91 Å². The van der Waals surface area contributed by atoms with Crippen LogP contribution in [-0.2, 0) is 16.8 Å². The van der Waals surface area contributed by atoms with Gasteiger partial charge in [-0.3, -0.25) is 4.79 Å². The first-order valence-electron chi connectivity index (χ1n) is 8.11. The largest absolute Gasteiger partial charge is 0.306 e. The summed E-state index contributed by atoms with van der Waals surface area (Å²) < 4.78 is 0. The molecule has 1 aromatic carbocycles. The fraction of sp³-hybridized carbons (Fsp3) is 0.444. The number of amides is 1. The zero-order valence-electron chi connectivity index (χ0n) is 13.6. The molecule has 0 bridgehead atoms. The van der Waals surface area contributed by atoms with Gasteiger partial charge >= 0.3 is 0 Å². The molecule has 0 aliphatic carbocycles. The minimum absolute atomic E-state index is 0.262. The van der Waals surface area contributed by atoms with Crippen LogP contribution in [0, 0.1) is 6.92 Å². The third kappa shape index (κ3) is 2.30. The first-order chi connectivity index (χ1) is 11.1. The number of hydrogen-bond donors (Lipinski definition) is 0. The van der Waals surface area contributed by atoms with Gasteiger partial charge in [0, 0.05) is 11.1 Å². The van der Waals surface area contributed by atoms with E-state index < -0.39 is 0 Å². The van der Waals surface area contributed by atoms with Gasteiger partial charge in [-0.1, -0.05) is 18.2 Å². The fourth-order valence-corrected chi connectivity index (χ4v) is 4.48. The number of fused-ring (bicyclic) bond motifs is 2. The molecule has 2 aliphatic rings. The van der Waals surface area contributed by atoms with E-state index in [1.165, 1.54) is 5.56 Å². The SMILES string of the molecule is Cc1nc(CN2C(=O)C3(CCN(C)CC3)c3ccccc32)cs1. The maximum absolute atomic E-state index is 13.3. The van der Waals surface area contributed by atoms with E-state index >= 15 is 0 Å².